The maximum atomic E-state index is 12.5. The van der Waals surface area contributed by atoms with E-state index in [1.165, 1.54) is 0 Å². The quantitative estimate of drug-likeness (QED) is 0.621. The number of carbonyl (C=O) groups is 2. The third-order valence-corrected chi connectivity index (χ3v) is 3.89. The van der Waals surface area contributed by atoms with Crippen LogP contribution in [0.25, 0.3) is 0 Å². The topological polar surface area (TPSA) is 52.6 Å². The molecule has 0 unspecified atom stereocenters. The molecule has 1 aromatic carbocycles. The molecule has 0 N–H and O–H groups in total. The first kappa shape index (κ1) is 13.9. The molecule has 2 heterocycles. The van der Waals surface area contributed by atoms with Gasteiger partial charge in [0.25, 0.3) is 0 Å². The van der Waals surface area contributed by atoms with E-state index in [2.05, 4.69) is 0 Å². The number of hydrogen-bond donors (Lipinski definition) is 0. The molecule has 108 valence electrons. The van der Waals surface area contributed by atoms with Crippen LogP contribution in [0.15, 0.2) is 47.4 Å². The number of hydrogen-bond acceptors (Lipinski definition) is 4. The first-order valence-corrected chi connectivity index (χ1v) is 6.93. The van der Waals surface area contributed by atoms with Gasteiger partial charge < -0.3 is 9.47 Å². The smallest absolute Gasteiger partial charge is 0.322 e. The second-order valence-corrected chi connectivity index (χ2v) is 5.54. The summed E-state index contributed by atoms with van der Waals surface area (Å²) in [5.74, 6) is -0.460. The Morgan fingerprint density at radius 3 is 2.52 bits per heavy atom. The van der Waals surface area contributed by atoms with Gasteiger partial charge >= 0.3 is 5.97 Å². The van der Waals surface area contributed by atoms with E-state index in [0.717, 1.165) is 0 Å². The van der Waals surface area contributed by atoms with E-state index in [1.807, 2.05) is 0 Å². The van der Waals surface area contributed by atoms with Gasteiger partial charge in [-0.1, -0.05) is 11.6 Å². The summed E-state index contributed by atoms with van der Waals surface area (Å²) < 4.78 is 10.8. The van der Waals surface area contributed by atoms with Gasteiger partial charge in [-0.3, -0.25) is 9.59 Å². The summed E-state index contributed by atoms with van der Waals surface area (Å²) in [4.78, 5) is 24.4. The third kappa shape index (κ3) is 2.36. The average molecular weight is 305 g/mol. The normalized spacial score (nSPS) is 24.1. The van der Waals surface area contributed by atoms with Gasteiger partial charge in [-0.2, -0.15) is 0 Å². The van der Waals surface area contributed by atoms with Gasteiger partial charge in [-0.25, -0.2) is 0 Å². The van der Waals surface area contributed by atoms with Crippen LogP contribution in [-0.2, 0) is 14.3 Å². The van der Waals surface area contributed by atoms with Crippen molar-refractivity contribution in [3.05, 3.63) is 58.0 Å². The lowest BCUT2D eigenvalue weighted by atomic mass is 9.93. The molecule has 0 radical (unpaired) electrons. The van der Waals surface area contributed by atoms with Crippen molar-refractivity contribution in [3.63, 3.8) is 0 Å². The van der Waals surface area contributed by atoms with Crippen LogP contribution in [0, 0.1) is 5.92 Å². The Labute approximate surface area is 127 Å². The van der Waals surface area contributed by atoms with E-state index in [4.69, 9.17) is 21.1 Å². The minimum absolute atomic E-state index is 0.218. The van der Waals surface area contributed by atoms with Crippen molar-refractivity contribution in [1.82, 2.24) is 0 Å². The second kappa shape index (κ2) is 5.04. The zero-order valence-electron chi connectivity index (χ0n) is 11.6. The summed E-state index contributed by atoms with van der Waals surface area (Å²) in [6.45, 7) is 3.41. The van der Waals surface area contributed by atoms with Crippen LogP contribution >= 0.6 is 11.6 Å². The fourth-order valence-electron chi connectivity index (χ4n) is 2.58. The predicted molar refractivity (Wildman–Crippen MR) is 76.7 cm³/mol. The van der Waals surface area contributed by atoms with Crippen molar-refractivity contribution in [2.75, 3.05) is 0 Å². The third-order valence-electron chi connectivity index (χ3n) is 3.63. The van der Waals surface area contributed by atoms with Crippen molar-refractivity contribution >= 4 is 23.4 Å². The molecule has 5 heteroatoms. The number of benzene rings is 1. The van der Waals surface area contributed by atoms with Crippen LogP contribution in [0.5, 0.6) is 0 Å². The van der Waals surface area contributed by atoms with Crippen LogP contribution in [-0.4, -0.2) is 17.9 Å². The number of esters is 1. The van der Waals surface area contributed by atoms with Crippen molar-refractivity contribution in [2.45, 2.75) is 20.0 Å². The molecule has 0 bridgehead atoms. The average Bonchev–Trinajstić information content (AvgIpc) is 2.76. The Morgan fingerprint density at radius 1 is 1.19 bits per heavy atom. The van der Waals surface area contributed by atoms with Crippen LogP contribution in [0.2, 0.25) is 5.02 Å². The fourth-order valence-corrected chi connectivity index (χ4v) is 2.70. The second-order valence-electron chi connectivity index (χ2n) is 5.11. The summed E-state index contributed by atoms with van der Waals surface area (Å²) in [7, 11) is 0. The predicted octanol–water partition coefficient (Wildman–Crippen LogP) is 3.27. The van der Waals surface area contributed by atoms with Gasteiger partial charge in [0, 0.05) is 10.6 Å². The van der Waals surface area contributed by atoms with Gasteiger partial charge in [0.1, 0.15) is 17.8 Å². The number of ketones is 1. The zero-order valence-corrected chi connectivity index (χ0v) is 12.3. The van der Waals surface area contributed by atoms with E-state index < -0.39 is 12.0 Å². The van der Waals surface area contributed by atoms with Crippen molar-refractivity contribution in [2.24, 2.45) is 5.92 Å². The van der Waals surface area contributed by atoms with Gasteiger partial charge in [0.15, 0.2) is 5.76 Å². The Morgan fingerprint density at radius 2 is 1.86 bits per heavy atom. The molecule has 0 saturated carbocycles. The molecule has 0 aliphatic carbocycles. The number of ether oxygens (including phenoxy) is 2. The molecule has 2 aliphatic heterocycles. The molecular formula is C16H13ClO4. The molecule has 0 spiro atoms. The highest BCUT2D eigenvalue weighted by Crippen LogP contribution is 2.37. The lowest BCUT2D eigenvalue weighted by Gasteiger charge is -2.21. The summed E-state index contributed by atoms with van der Waals surface area (Å²) in [6.07, 6.45) is 1.26. The first-order chi connectivity index (χ1) is 9.97. The van der Waals surface area contributed by atoms with Crippen molar-refractivity contribution < 1.29 is 19.1 Å². The monoisotopic (exact) mass is 304 g/mol. The summed E-state index contributed by atoms with van der Waals surface area (Å²) in [5, 5.41) is 0.556. The fraction of sp³-hybridized carbons (Fsp3) is 0.250. The molecule has 2 aliphatic rings. The Kier molecular flexibility index (Phi) is 3.33. The Bertz CT molecular complexity index is 685. The maximum Gasteiger partial charge on any atom is 0.322 e. The highest BCUT2D eigenvalue weighted by molar-refractivity contribution is 6.30. The number of carbonyl (C=O) groups excluding carboxylic acids is 2. The summed E-state index contributed by atoms with van der Waals surface area (Å²) >= 11 is 5.82. The van der Waals surface area contributed by atoms with E-state index in [-0.39, 0.29) is 17.5 Å². The van der Waals surface area contributed by atoms with Crippen molar-refractivity contribution in [1.29, 1.82) is 0 Å². The molecule has 0 fully saturated rings. The van der Waals surface area contributed by atoms with Gasteiger partial charge in [-0.15, -0.1) is 0 Å². The molecular weight excluding hydrogens is 292 g/mol. The number of Topliss-reactive ketones (excluding diaryl/α,β-unsaturated/α-hetero) is 1. The van der Waals surface area contributed by atoms with Crippen LogP contribution in [0.1, 0.15) is 24.2 Å². The summed E-state index contributed by atoms with van der Waals surface area (Å²) in [6, 6.07) is 6.56. The molecule has 4 nitrogen and oxygen atoms in total. The molecule has 0 saturated heterocycles. The van der Waals surface area contributed by atoms with Gasteiger partial charge in [0.2, 0.25) is 5.78 Å². The number of fused-ring (bicyclic) bond motifs is 1. The minimum Gasteiger partial charge on any atom is -0.481 e. The SMILES string of the molecule is CC1=C[C@H]2OC(C(=O)c3ccc(Cl)cc3)=C(C)[C@H]2C(=O)O1. The Hall–Kier alpha value is -2.07. The number of allylic oxidation sites excluding steroid dienone is 2. The molecule has 2 atom stereocenters. The van der Waals surface area contributed by atoms with Gasteiger partial charge in [0.05, 0.1) is 0 Å². The standard InChI is InChI=1S/C16H13ClO4/c1-8-7-12-13(16(19)20-8)9(2)15(21-12)14(18)10-3-5-11(17)6-4-10/h3-7,12-13H,1-2H3/t12-,13-/m1/s1. The number of halogens is 1. The number of rotatable bonds is 2. The minimum atomic E-state index is -0.542. The molecule has 1 aromatic rings. The first-order valence-electron chi connectivity index (χ1n) is 6.55. The lowest BCUT2D eigenvalue weighted by Crippen LogP contribution is -2.30. The molecule has 0 aromatic heterocycles. The van der Waals surface area contributed by atoms with Crippen LogP contribution in [0.4, 0.5) is 0 Å². The molecule has 21 heavy (non-hydrogen) atoms. The largest absolute Gasteiger partial charge is 0.481 e. The highest BCUT2D eigenvalue weighted by Gasteiger charge is 2.44. The van der Waals surface area contributed by atoms with Crippen molar-refractivity contribution in [3.8, 4) is 0 Å². The highest BCUT2D eigenvalue weighted by atomic mass is 35.5. The van der Waals surface area contributed by atoms with Crippen LogP contribution in [0.3, 0.4) is 0 Å². The number of cyclic esters (lactones) is 1. The van der Waals surface area contributed by atoms with Crippen LogP contribution < -0.4 is 0 Å². The van der Waals surface area contributed by atoms with E-state index in [1.54, 1.807) is 44.2 Å². The molecule has 0 amide bonds. The lowest BCUT2D eigenvalue weighted by molar-refractivity contribution is -0.146. The zero-order chi connectivity index (χ0) is 15.1. The van der Waals surface area contributed by atoms with E-state index >= 15 is 0 Å². The van der Waals surface area contributed by atoms with E-state index in [9.17, 15) is 9.59 Å². The maximum absolute atomic E-state index is 12.5. The summed E-state index contributed by atoms with van der Waals surface area (Å²) in [5.41, 5.74) is 1.08. The van der Waals surface area contributed by atoms with Gasteiger partial charge in [-0.05, 0) is 49.8 Å². The molecule has 3 rings (SSSR count). The Balaban J connectivity index is 1.94. The van der Waals surface area contributed by atoms with E-state index in [0.29, 0.717) is 21.9 Å².